The summed E-state index contributed by atoms with van der Waals surface area (Å²) in [4.78, 5) is 27.6. The molecule has 0 fully saturated rings. The van der Waals surface area contributed by atoms with Crippen molar-refractivity contribution >= 4 is 11.7 Å². The number of hydrogen-bond donors (Lipinski definition) is 1. The first-order valence-electron chi connectivity index (χ1n) is 9.51. The minimum absolute atomic E-state index is 0.0171. The molecule has 4 rings (SSSR count). The van der Waals surface area contributed by atoms with Gasteiger partial charge in [0.25, 0.3) is 5.91 Å². The second-order valence-electron chi connectivity index (χ2n) is 7.17. The van der Waals surface area contributed by atoms with Crippen molar-refractivity contribution in [1.29, 1.82) is 0 Å². The summed E-state index contributed by atoms with van der Waals surface area (Å²) < 4.78 is 10.5. The first-order chi connectivity index (χ1) is 14.5. The van der Waals surface area contributed by atoms with E-state index in [0.717, 1.165) is 16.7 Å². The zero-order valence-corrected chi connectivity index (χ0v) is 16.7. The lowest BCUT2D eigenvalue weighted by Gasteiger charge is -2.27. The number of ketones is 1. The van der Waals surface area contributed by atoms with Crippen molar-refractivity contribution in [3.63, 3.8) is 0 Å². The molecule has 0 radical (unpaired) electrons. The number of benzene rings is 2. The van der Waals surface area contributed by atoms with E-state index in [2.05, 4.69) is 0 Å². The van der Waals surface area contributed by atoms with Gasteiger partial charge in [0.05, 0.1) is 25.0 Å². The zero-order chi connectivity index (χ0) is 21.3. The first-order valence-corrected chi connectivity index (χ1v) is 9.51. The summed E-state index contributed by atoms with van der Waals surface area (Å²) in [6.07, 6.45) is 1.39. The van der Waals surface area contributed by atoms with Crippen molar-refractivity contribution in [1.82, 2.24) is 4.90 Å². The Morgan fingerprint density at radius 2 is 1.93 bits per heavy atom. The van der Waals surface area contributed by atoms with Crippen molar-refractivity contribution in [2.75, 3.05) is 7.11 Å². The standard InChI is InChI=1S/C24H21NO5/c1-15-6-3-8-17(12-15)21-20(22(26)19-10-5-11-30-19)23(27)24(28)25(21)14-16-7-4-9-18(13-16)29-2/h3-13,21,27H,14H2,1-2H3. The normalized spacial score (nSPS) is 16.3. The maximum Gasteiger partial charge on any atom is 0.290 e. The van der Waals surface area contributed by atoms with E-state index in [4.69, 9.17) is 9.15 Å². The van der Waals surface area contributed by atoms with Crippen molar-refractivity contribution in [3.05, 3.63) is 101 Å². The van der Waals surface area contributed by atoms with E-state index in [1.807, 2.05) is 55.5 Å². The minimum atomic E-state index is -0.735. The number of carbonyl (C=O) groups is 2. The highest BCUT2D eigenvalue weighted by Crippen LogP contribution is 2.40. The molecule has 1 unspecified atom stereocenters. The average Bonchev–Trinajstić information content (AvgIpc) is 3.37. The number of aryl methyl sites for hydroxylation is 1. The Labute approximate surface area is 174 Å². The van der Waals surface area contributed by atoms with Crippen LogP contribution in [-0.4, -0.2) is 28.8 Å². The number of rotatable bonds is 6. The molecule has 6 nitrogen and oxygen atoms in total. The van der Waals surface area contributed by atoms with Gasteiger partial charge in [-0.05, 0) is 42.3 Å². The quantitative estimate of drug-likeness (QED) is 0.618. The van der Waals surface area contributed by atoms with Crippen molar-refractivity contribution in [2.24, 2.45) is 0 Å². The highest BCUT2D eigenvalue weighted by atomic mass is 16.5. The molecule has 6 heteroatoms. The summed E-state index contributed by atoms with van der Waals surface area (Å²) in [5.74, 6) is -0.920. The Morgan fingerprint density at radius 1 is 1.13 bits per heavy atom. The van der Waals surface area contributed by atoms with Crippen LogP contribution in [0.15, 0.2) is 82.7 Å². The van der Waals surface area contributed by atoms with Crippen LogP contribution in [0.4, 0.5) is 0 Å². The Bertz CT molecular complexity index is 1130. The summed E-state index contributed by atoms with van der Waals surface area (Å²) in [7, 11) is 1.57. The van der Waals surface area contributed by atoms with Crippen LogP contribution in [0.25, 0.3) is 0 Å². The summed E-state index contributed by atoms with van der Waals surface area (Å²) in [6, 6.07) is 17.3. The molecule has 2 heterocycles. The van der Waals surface area contributed by atoms with E-state index in [1.165, 1.54) is 17.2 Å². The van der Waals surface area contributed by atoms with E-state index >= 15 is 0 Å². The van der Waals surface area contributed by atoms with Crippen molar-refractivity contribution in [2.45, 2.75) is 19.5 Å². The summed E-state index contributed by atoms with van der Waals surface area (Å²) in [6.45, 7) is 2.14. The Kier molecular flexibility index (Phi) is 5.14. The number of methoxy groups -OCH3 is 1. The SMILES string of the molecule is COc1cccc(CN2C(=O)C(O)=C(C(=O)c3ccco3)C2c2cccc(C)c2)c1. The molecule has 2 aromatic carbocycles. The number of hydrogen-bond acceptors (Lipinski definition) is 5. The van der Waals surface area contributed by atoms with Gasteiger partial charge in [-0.15, -0.1) is 0 Å². The number of amides is 1. The first kappa shape index (κ1) is 19.5. The summed E-state index contributed by atoms with van der Waals surface area (Å²) in [5.41, 5.74) is 2.56. The Hall–Kier alpha value is -3.80. The lowest BCUT2D eigenvalue weighted by Crippen LogP contribution is -2.30. The Balaban J connectivity index is 1.79. The molecule has 30 heavy (non-hydrogen) atoms. The second-order valence-corrected chi connectivity index (χ2v) is 7.17. The van der Waals surface area contributed by atoms with Gasteiger partial charge in [-0.3, -0.25) is 9.59 Å². The van der Waals surface area contributed by atoms with Crippen LogP contribution >= 0.6 is 0 Å². The molecular weight excluding hydrogens is 382 g/mol. The smallest absolute Gasteiger partial charge is 0.290 e. The third-order valence-electron chi connectivity index (χ3n) is 5.14. The van der Waals surface area contributed by atoms with Crippen LogP contribution in [0.3, 0.4) is 0 Å². The van der Waals surface area contributed by atoms with Crippen molar-refractivity contribution < 1.29 is 23.8 Å². The molecule has 0 saturated heterocycles. The van der Waals surface area contributed by atoms with Crippen LogP contribution in [0.1, 0.15) is 33.3 Å². The maximum absolute atomic E-state index is 13.1. The van der Waals surface area contributed by atoms with Gasteiger partial charge in [-0.1, -0.05) is 42.0 Å². The second kappa shape index (κ2) is 7.91. The molecule has 1 aliphatic heterocycles. The van der Waals surface area contributed by atoms with Crippen LogP contribution < -0.4 is 4.74 Å². The Morgan fingerprint density at radius 3 is 2.63 bits per heavy atom. The molecule has 3 aromatic rings. The number of aliphatic hydroxyl groups excluding tert-OH is 1. The highest BCUT2D eigenvalue weighted by Gasteiger charge is 2.44. The number of ether oxygens (including phenoxy) is 1. The molecule has 0 aliphatic carbocycles. The third-order valence-corrected chi connectivity index (χ3v) is 5.14. The van der Waals surface area contributed by atoms with Gasteiger partial charge in [0.15, 0.2) is 11.5 Å². The van der Waals surface area contributed by atoms with Gasteiger partial charge in [0.2, 0.25) is 5.78 Å². The number of nitrogens with zero attached hydrogens (tertiary/aromatic N) is 1. The monoisotopic (exact) mass is 403 g/mol. The molecule has 0 saturated carbocycles. The number of carbonyl (C=O) groups excluding carboxylic acids is 2. The minimum Gasteiger partial charge on any atom is -0.503 e. The zero-order valence-electron chi connectivity index (χ0n) is 16.7. The molecular formula is C24H21NO5. The fraction of sp³-hybridized carbons (Fsp3) is 0.167. The maximum atomic E-state index is 13.1. The highest BCUT2D eigenvalue weighted by molar-refractivity contribution is 6.15. The molecule has 0 spiro atoms. The van der Waals surface area contributed by atoms with Gasteiger partial charge in [-0.2, -0.15) is 0 Å². The molecule has 1 aliphatic rings. The van der Waals surface area contributed by atoms with Gasteiger partial charge >= 0.3 is 0 Å². The predicted molar refractivity (Wildman–Crippen MR) is 110 cm³/mol. The van der Waals surface area contributed by atoms with Crippen LogP contribution in [0.2, 0.25) is 0 Å². The molecule has 1 atom stereocenters. The topological polar surface area (TPSA) is 80.0 Å². The van der Waals surface area contributed by atoms with E-state index < -0.39 is 23.5 Å². The summed E-state index contributed by atoms with van der Waals surface area (Å²) >= 11 is 0. The van der Waals surface area contributed by atoms with E-state index in [1.54, 1.807) is 13.2 Å². The van der Waals surface area contributed by atoms with Crippen LogP contribution in [-0.2, 0) is 11.3 Å². The van der Waals surface area contributed by atoms with Crippen molar-refractivity contribution in [3.8, 4) is 5.75 Å². The summed E-state index contributed by atoms with van der Waals surface area (Å²) in [5, 5.41) is 10.7. The van der Waals surface area contributed by atoms with Gasteiger partial charge < -0.3 is 19.2 Å². The lowest BCUT2D eigenvalue weighted by molar-refractivity contribution is -0.130. The number of furan rings is 1. The number of aliphatic hydroxyl groups is 1. The third kappa shape index (κ3) is 3.48. The van der Waals surface area contributed by atoms with Gasteiger partial charge in [-0.25, -0.2) is 0 Å². The molecule has 152 valence electrons. The molecule has 1 amide bonds. The van der Waals surface area contributed by atoms with E-state index in [-0.39, 0.29) is 17.9 Å². The van der Waals surface area contributed by atoms with Crippen LogP contribution in [0.5, 0.6) is 5.75 Å². The fourth-order valence-corrected chi connectivity index (χ4v) is 3.74. The predicted octanol–water partition coefficient (Wildman–Crippen LogP) is 4.38. The van der Waals surface area contributed by atoms with Gasteiger partial charge in [0.1, 0.15) is 5.75 Å². The van der Waals surface area contributed by atoms with E-state index in [9.17, 15) is 14.7 Å². The van der Waals surface area contributed by atoms with Gasteiger partial charge in [0, 0.05) is 6.54 Å². The van der Waals surface area contributed by atoms with Crippen LogP contribution in [0, 0.1) is 6.92 Å². The molecule has 1 N–H and O–H groups in total. The number of Topliss-reactive ketones (excluding diaryl/α,β-unsaturated/α-hetero) is 1. The molecule has 0 bridgehead atoms. The molecule has 1 aromatic heterocycles. The average molecular weight is 403 g/mol. The largest absolute Gasteiger partial charge is 0.503 e. The van der Waals surface area contributed by atoms with E-state index in [0.29, 0.717) is 5.75 Å². The fourth-order valence-electron chi connectivity index (χ4n) is 3.74. The lowest BCUT2D eigenvalue weighted by atomic mass is 9.94.